The predicted molar refractivity (Wildman–Crippen MR) is 126 cm³/mol. The first kappa shape index (κ1) is 21.6. The number of carbonyl (C=O) groups is 1. The Balaban J connectivity index is 1.52. The van der Waals surface area contributed by atoms with Gasteiger partial charge in [-0.25, -0.2) is 0 Å². The van der Waals surface area contributed by atoms with Gasteiger partial charge in [0.1, 0.15) is 5.82 Å². The summed E-state index contributed by atoms with van der Waals surface area (Å²) in [6.45, 7) is 4.32. The van der Waals surface area contributed by atoms with Gasteiger partial charge in [-0.05, 0) is 57.2 Å². The number of piperidine rings is 1. The van der Waals surface area contributed by atoms with Crippen LogP contribution >= 0.6 is 11.8 Å². The van der Waals surface area contributed by atoms with Crippen LogP contribution < -0.4 is 0 Å². The molecule has 0 spiro atoms. The summed E-state index contributed by atoms with van der Waals surface area (Å²) in [7, 11) is 0. The molecule has 1 fully saturated rings. The summed E-state index contributed by atoms with van der Waals surface area (Å²) in [6, 6.07) is 21.2. The third kappa shape index (κ3) is 5.18. The third-order valence-electron chi connectivity index (χ3n) is 6.00. The van der Waals surface area contributed by atoms with Gasteiger partial charge in [-0.2, -0.15) is 0 Å². The van der Waals surface area contributed by atoms with Crippen LogP contribution in [0.3, 0.4) is 0 Å². The Kier molecular flexibility index (Phi) is 7.07. The predicted octanol–water partition coefficient (Wildman–Crippen LogP) is 4.93. The summed E-state index contributed by atoms with van der Waals surface area (Å²) in [6.07, 6.45) is 5.07. The summed E-state index contributed by atoms with van der Waals surface area (Å²) in [4.78, 5) is 15.1. The number of benzene rings is 2. The van der Waals surface area contributed by atoms with Gasteiger partial charge in [-0.1, -0.05) is 60.3 Å². The van der Waals surface area contributed by atoms with Crippen LogP contribution in [-0.2, 0) is 17.6 Å². The van der Waals surface area contributed by atoms with Crippen molar-refractivity contribution in [3.63, 3.8) is 0 Å². The van der Waals surface area contributed by atoms with E-state index in [2.05, 4.69) is 69.9 Å². The summed E-state index contributed by atoms with van der Waals surface area (Å²) in [5.74, 6) is 1.50. The zero-order chi connectivity index (χ0) is 21.6. The number of rotatable bonds is 7. The average Bonchev–Trinajstić information content (AvgIpc) is 3.20. The molecule has 2 atom stereocenters. The molecule has 2 heterocycles. The minimum Gasteiger partial charge on any atom is -0.337 e. The fraction of sp³-hybridized carbons (Fsp3) is 0.400. The number of hydrogen-bond acceptors (Lipinski definition) is 4. The maximum atomic E-state index is 13.0. The number of thioether (sulfide) groups is 1. The summed E-state index contributed by atoms with van der Waals surface area (Å²) < 4.78 is 2.10. The highest BCUT2D eigenvalue weighted by atomic mass is 32.2. The monoisotopic (exact) mass is 434 g/mol. The van der Waals surface area contributed by atoms with Crippen molar-refractivity contribution in [3.05, 3.63) is 72.1 Å². The molecule has 4 rings (SSSR count). The van der Waals surface area contributed by atoms with E-state index in [0.29, 0.717) is 17.8 Å². The Labute approximate surface area is 188 Å². The molecular weight excluding hydrogens is 404 g/mol. The second-order valence-electron chi connectivity index (χ2n) is 8.27. The van der Waals surface area contributed by atoms with Crippen LogP contribution in [-0.4, -0.2) is 43.4 Å². The van der Waals surface area contributed by atoms with Gasteiger partial charge in [-0.15, -0.1) is 10.2 Å². The highest BCUT2D eigenvalue weighted by molar-refractivity contribution is 7.99. The first-order chi connectivity index (χ1) is 15.1. The van der Waals surface area contributed by atoms with E-state index in [9.17, 15) is 4.79 Å². The van der Waals surface area contributed by atoms with Gasteiger partial charge in [0.25, 0.3) is 0 Å². The number of para-hydroxylation sites is 1. The number of carbonyl (C=O) groups excluding carboxylic acids is 1. The van der Waals surface area contributed by atoms with Crippen LogP contribution in [0, 0.1) is 0 Å². The second kappa shape index (κ2) is 10.1. The van der Waals surface area contributed by atoms with Crippen molar-refractivity contribution in [2.24, 2.45) is 0 Å². The molecule has 0 aliphatic carbocycles. The number of nitrogens with zero attached hydrogens (tertiary/aromatic N) is 4. The van der Waals surface area contributed by atoms with Crippen molar-refractivity contribution in [2.75, 3.05) is 5.75 Å². The topological polar surface area (TPSA) is 51.0 Å². The van der Waals surface area contributed by atoms with E-state index in [0.717, 1.165) is 42.4 Å². The van der Waals surface area contributed by atoms with Crippen molar-refractivity contribution >= 4 is 17.7 Å². The van der Waals surface area contributed by atoms with Gasteiger partial charge in [0.05, 0.1) is 5.75 Å². The van der Waals surface area contributed by atoms with Gasteiger partial charge in [0, 0.05) is 24.2 Å². The second-order valence-corrected chi connectivity index (χ2v) is 9.22. The Morgan fingerprint density at radius 2 is 1.58 bits per heavy atom. The van der Waals surface area contributed by atoms with E-state index < -0.39 is 0 Å². The third-order valence-corrected chi connectivity index (χ3v) is 6.91. The average molecular weight is 435 g/mol. The molecule has 3 aromatic rings. The summed E-state index contributed by atoms with van der Waals surface area (Å²) in [5.41, 5.74) is 2.31. The summed E-state index contributed by atoms with van der Waals surface area (Å²) in [5, 5.41) is 9.74. The van der Waals surface area contributed by atoms with E-state index in [1.807, 2.05) is 24.3 Å². The first-order valence-corrected chi connectivity index (χ1v) is 12.1. The number of amides is 1. The number of likely N-dealkylation sites (tertiary alicyclic amines) is 1. The molecule has 0 N–H and O–H groups in total. The molecule has 0 radical (unpaired) electrons. The maximum absolute atomic E-state index is 13.0. The smallest absolute Gasteiger partial charge is 0.233 e. The van der Waals surface area contributed by atoms with E-state index >= 15 is 0 Å². The lowest BCUT2D eigenvalue weighted by molar-refractivity contribution is -0.134. The van der Waals surface area contributed by atoms with Crippen LogP contribution in [0.25, 0.3) is 5.69 Å². The molecule has 5 nitrogen and oxygen atoms in total. The largest absolute Gasteiger partial charge is 0.337 e. The minimum absolute atomic E-state index is 0.193. The zero-order valence-corrected chi connectivity index (χ0v) is 19.1. The van der Waals surface area contributed by atoms with Crippen LogP contribution in [0.4, 0.5) is 0 Å². The van der Waals surface area contributed by atoms with Crippen LogP contribution in [0.15, 0.2) is 65.8 Å². The molecule has 1 aliphatic rings. The van der Waals surface area contributed by atoms with Crippen molar-refractivity contribution < 1.29 is 4.79 Å². The Bertz CT molecular complexity index is 979. The molecular formula is C25H30N4OS. The lowest BCUT2D eigenvalue weighted by atomic mass is 9.98. The highest BCUT2D eigenvalue weighted by Crippen LogP contribution is 2.27. The van der Waals surface area contributed by atoms with Gasteiger partial charge in [-0.3, -0.25) is 9.36 Å². The molecule has 162 valence electrons. The number of aryl methyl sites for hydroxylation is 2. The Hall–Kier alpha value is -2.60. The SMILES string of the molecule is C[C@H]1CCC[C@H](C)N1C(=O)CSc1nnc(CCc2ccccc2)n1-c1ccccc1. The first-order valence-electron chi connectivity index (χ1n) is 11.1. The lowest BCUT2D eigenvalue weighted by Gasteiger charge is -2.39. The molecule has 1 aromatic heterocycles. The zero-order valence-electron chi connectivity index (χ0n) is 18.3. The van der Waals surface area contributed by atoms with Gasteiger partial charge in [0.2, 0.25) is 5.91 Å². The van der Waals surface area contributed by atoms with Gasteiger partial charge >= 0.3 is 0 Å². The van der Waals surface area contributed by atoms with Crippen LogP contribution in [0.1, 0.15) is 44.5 Å². The minimum atomic E-state index is 0.193. The maximum Gasteiger partial charge on any atom is 0.233 e. The molecule has 1 aliphatic heterocycles. The molecule has 1 saturated heterocycles. The van der Waals surface area contributed by atoms with Gasteiger partial charge < -0.3 is 4.90 Å². The fourth-order valence-corrected chi connectivity index (χ4v) is 5.25. The molecule has 2 aromatic carbocycles. The quantitative estimate of drug-likeness (QED) is 0.495. The Morgan fingerprint density at radius 1 is 0.935 bits per heavy atom. The number of aromatic nitrogens is 3. The van der Waals surface area contributed by atoms with Crippen molar-refractivity contribution in [1.82, 2.24) is 19.7 Å². The van der Waals surface area contributed by atoms with Crippen LogP contribution in [0.5, 0.6) is 0 Å². The van der Waals surface area contributed by atoms with Gasteiger partial charge in [0.15, 0.2) is 5.16 Å². The van der Waals surface area contributed by atoms with Crippen molar-refractivity contribution in [2.45, 2.75) is 63.2 Å². The van der Waals surface area contributed by atoms with Crippen molar-refractivity contribution in [3.8, 4) is 5.69 Å². The van der Waals surface area contributed by atoms with E-state index in [4.69, 9.17) is 0 Å². The lowest BCUT2D eigenvalue weighted by Crippen LogP contribution is -2.48. The standard InChI is InChI=1S/C25H30N4OS/c1-19-10-9-11-20(2)28(19)24(30)18-31-25-27-26-23(17-16-21-12-5-3-6-13-21)29(25)22-14-7-4-8-15-22/h3-8,12-15,19-20H,9-11,16-18H2,1-2H3/t19-,20-/m0/s1. The molecule has 1 amide bonds. The fourth-order valence-electron chi connectivity index (χ4n) is 4.41. The molecule has 0 bridgehead atoms. The highest BCUT2D eigenvalue weighted by Gasteiger charge is 2.29. The van der Waals surface area contributed by atoms with Crippen molar-refractivity contribution in [1.29, 1.82) is 0 Å². The summed E-state index contributed by atoms with van der Waals surface area (Å²) >= 11 is 1.49. The van der Waals surface area contributed by atoms with E-state index in [-0.39, 0.29) is 5.91 Å². The molecule has 0 saturated carbocycles. The molecule has 6 heteroatoms. The van der Waals surface area contributed by atoms with E-state index in [1.165, 1.54) is 23.7 Å². The Morgan fingerprint density at radius 3 is 2.26 bits per heavy atom. The van der Waals surface area contributed by atoms with E-state index in [1.54, 1.807) is 0 Å². The molecule has 31 heavy (non-hydrogen) atoms. The molecule has 0 unspecified atom stereocenters. The van der Waals surface area contributed by atoms with Crippen LogP contribution in [0.2, 0.25) is 0 Å². The normalized spacial score (nSPS) is 18.8. The number of hydrogen-bond donors (Lipinski definition) is 0.